The number of carbonyl (C=O) groups excluding carboxylic acids is 1. The smallest absolute Gasteiger partial charge is 0.325 e. The van der Waals surface area contributed by atoms with Crippen molar-refractivity contribution in [1.82, 2.24) is 5.32 Å². The molecule has 1 atom stereocenters. The van der Waals surface area contributed by atoms with E-state index in [9.17, 15) is 9.59 Å². The van der Waals surface area contributed by atoms with Crippen molar-refractivity contribution in [1.29, 1.82) is 0 Å². The second kappa shape index (κ2) is 6.38. The number of nitrogens with one attached hydrogen (secondary N) is 1. The topological polar surface area (TPSA) is 75.6 Å². The van der Waals surface area contributed by atoms with Gasteiger partial charge in [-0.15, -0.1) is 0 Å². The maximum atomic E-state index is 12.2. The number of para-hydroxylation sites is 1. The third-order valence-corrected chi connectivity index (χ3v) is 3.33. The number of hydrogen-bond acceptors (Lipinski definition) is 3. The number of ether oxygens (including phenoxy) is 1. The molecule has 0 spiro atoms. The molecule has 0 fully saturated rings. The fourth-order valence-corrected chi connectivity index (χ4v) is 1.93. The molecule has 22 heavy (non-hydrogen) atoms. The van der Waals surface area contributed by atoms with Crippen LogP contribution in [0.4, 0.5) is 0 Å². The maximum Gasteiger partial charge on any atom is 0.325 e. The Bertz CT molecular complexity index is 558. The number of carboxylic acid groups (broad SMARTS) is 1. The van der Waals surface area contributed by atoms with Gasteiger partial charge in [-0.25, -0.2) is 0 Å². The molecule has 0 saturated carbocycles. The van der Waals surface area contributed by atoms with Gasteiger partial charge in [0, 0.05) is 0 Å². The molecule has 2 N–H and O–H groups in total. The van der Waals surface area contributed by atoms with Gasteiger partial charge in [0.1, 0.15) is 11.8 Å². The van der Waals surface area contributed by atoms with Crippen molar-refractivity contribution in [3.8, 4) is 5.75 Å². The molecule has 5 nitrogen and oxygen atoms in total. The SMILES string of the molecule is CC(NC(=O)C(C)(C)Oc1ccccc1C(C)(C)C)C(=O)O. The highest BCUT2D eigenvalue weighted by atomic mass is 16.5. The van der Waals surface area contributed by atoms with Crippen molar-refractivity contribution in [2.24, 2.45) is 0 Å². The van der Waals surface area contributed by atoms with E-state index in [4.69, 9.17) is 9.84 Å². The first-order valence-electron chi connectivity index (χ1n) is 7.27. The van der Waals surface area contributed by atoms with Gasteiger partial charge in [-0.2, -0.15) is 0 Å². The minimum atomic E-state index is -1.18. The Morgan fingerprint density at radius 2 is 1.68 bits per heavy atom. The maximum absolute atomic E-state index is 12.2. The van der Waals surface area contributed by atoms with Crippen LogP contribution in [0.15, 0.2) is 24.3 Å². The average Bonchev–Trinajstić information content (AvgIpc) is 2.37. The van der Waals surface area contributed by atoms with Gasteiger partial charge in [0.2, 0.25) is 0 Å². The highest BCUT2D eigenvalue weighted by molar-refractivity contribution is 5.88. The second-order valence-corrected chi connectivity index (χ2v) is 6.89. The molecule has 0 heterocycles. The molecule has 1 aromatic carbocycles. The van der Waals surface area contributed by atoms with Crippen LogP contribution in [-0.4, -0.2) is 28.6 Å². The molecule has 1 rings (SSSR count). The summed E-state index contributed by atoms with van der Waals surface area (Å²) in [6.07, 6.45) is 0. The molecule has 0 aromatic heterocycles. The van der Waals surface area contributed by atoms with E-state index in [0.717, 1.165) is 5.56 Å². The number of benzene rings is 1. The molecule has 0 aliphatic heterocycles. The van der Waals surface area contributed by atoms with Crippen molar-refractivity contribution in [3.63, 3.8) is 0 Å². The van der Waals surface area contributed by atoms with Crippen molar-refractivity contribution >= 4 is 11.9 Å². The lowest BCUT2D eigenvalue weighted by molar-refractivity contribution is -0.144. The van der Waals surface area contributed by atoms with Gasteiger partial charge in [0.05, 0.1) is 0 Å². The highest BCUT2D eigenvalue weighted by Crippen LogP contribution is 2.33. The molecular weight excluding hydrogens is 282 g/mol. The molecular formula is C17H25NO4. The summed E-state index contributed by atoms with van der Waals surface area (Å²) in [5.74, 6) is -0.927. The van der Waals surface area contributed by atoms with Gasteiger partial charge in [-0.05, 0) is 37.8 Å². The van der Waals surface area contributed by atoms with Gasteiger partial charge < -0.3 is 15.2 Å². The second-order valence-electron chi connectivity index (χ2n) is 6.89. The van der Waals surface area contributed by atoms with Crippen LogP contribution in [-0.2, 0) is 15.0 Å². The van der Waals surface area contributed by atoms with E-state index in [2.05, 4.69) is 26.1 Å². The fraction of sp³-hybridized carbons (Fsp3) is 0.529. The summed E-state index contributed by atoms with van der Waals surface area (Å²) >= 11 is 0. The van der Waals surface area contributed by atoms with Gasteiger partial charge in [-0.1, -0.05) is 39.0 Å². The van der Waals surface area contributed by atoms with Crippen molar-refractivity contribution in [2.45, 2.75) is 58.6 Å². The van der Waals surface area contributed by atoms with E-state index in [-0.39, 0.29) is 5.41 Å². The third-order valence-electron chi connectivity index (χ3n) is 3.33. The van der Waals surface area contributed by atoms with Gasteiger partial charge in [0.15, 0.2) is 5.60 Å². The van der Waals surface area contributed by atoms with E-state index in [1.807, 2.05) is 24.3 Å². The number of amides is 1. The van der Waals surface area contributed by atoms with E-state index in [1.165, 1.54) is 6.92 Å². The first-order chi connectivity index (χ1) is 9.95. The van der Waals surface area contributed by atoms with Crippen molar-refractivity contribution in [2.75, 3.05) is 0 Å². The van der Waals surface area contributed by atoms with Gasteiger partial charge in [-0.3, -0.25) is 9.59 Å². The lowest BCUT2D eigenvalue weighted by Gasteiger charge is -2.30. The van der Waals surface area contributed by atoms with Crippen LogP contribution in [0.2, 0.25) is 0 Å². The number of carboxylic acids is 1. The number of rotatable bonds is 5. The van der Waals surface area contributed by atoms with Crippen molar-refractivity contribution < 1.29 is 19.4 Å². The monoisotopic (exact) mass is 307 g/mol. The van der Waals surface area contributed by atoms with E-state index >= 15 is 0 Å². The summed E-state index contributed by atoms with van der Waals surface area (Å²) in [5.41, 5.74) is -0.315. The molecule has 1 amide bonds. The lowest BCUT2D eigenvalue weighted by Crippen LogP contribution is -2.51. The Hall–Kier alpha value is -2.04. The largest absolute Gasteiger partial charge is 0.480 e. The Balaban J connectivity index is 2.98. The Labute approximate surface area is 131 Å². The normalized spacial score (nSPS) is 13.4. The summed E-state index contributed by atoms with van der Waals surface area (Å²) in [4.78, 5) is 23.1. The lowest BCUT2D eigenvalue weighted by atomic mass is 9.86. The molecule has 1 aromatic rings. The third kappa shape index (κ3) is 4.48. The number of hydrogen-bond donors (Lipinski definition) is 2. The molecule has 0 radical (unpaired) electrons. The fourth-order valence-electron chi connectivity index (χ4n) is 1.93. The highest BCUT2D eigenvalue weighted by Gasteiger charge is 2.33. The predicted molar refractivity (Wildman–Crippen MR) is 85.1 cm³/mol. The van der Waals surface area contributed by atoms with Crippen LogP contribution in [0.1, 0.15) is 47.1 Å². The van der Waals surface area contributed by atoms with Crippen LogP contribution >= 0.6 is 0 Å². The van der Waals surface area contributed by atoms with Gasteiger partial charge >= 0.3 is 5.97 Å². The molecule has 122 valence electrons. The van der Waals surface area contributed by atoms with Gasteiger partial charge in [0.25, 0.3) is 5.91 Å². The van der Waals surface area contributed by atoms with E-state index in [0.29, 0.717) is 5.75 Å². The average molecular weight is 307 g/mol. The number of carbonyl (C=O) groups is 2. The van der Waals surface area contributed by atoms with E-state index < -0.39 is 23.5 Å². The molecule has 0 aliphatic rings. The molecule has 0 saturated heterocycles. The first-order valence-corrected chi connectivity index (χ1v) is 7.27. The molecule has 0 bridgehead atoms. The van der Waals surface area contributed by atoms with Crippen LogP contribution in [0, 0.1) is 0 Å². The Morgan fingerprint density at radius 3 is 2.18 bits per heavy atom. The van der Waals surface area contributed by atoms with Crippen LogP contribution in [0.25, 0.3) is 0 Å². The summed E-state index contributed by atoms with van der Waals surface area (Å²) in [6.45, 7) is 10.9. The summed E-state index contributed by atoms with van der Waals surface area (Å²) in [6, 6.07) is 6.58. The zero-order valence-electron chi connectivity index (χ0n) is 14.1. The van der Waals surface area contributed by atoms with E-state index in [1.54, 1.807) is 13.8 Å². The quantitative estimate of drug-likeness (QED) is 0.877. The molecule has 0 aliphatic carbocycles. The minimum absolute atomic E-state index is 0.127. The Kier molecular flexibility index (Phi) is 5.22. The first kappa shape index (κ1) is 18.0. The van der Waals surface area contributed by atoms with Crippen LogP contribution < -0.4 is 10.1 Å². The predicted octanol–water partition coefficient (Wildman–Crippen LogP) is 2.73. The summed E-state index contributed by atoms with van der Waals surface area (Å²) < 4.78 is 5.90. The summed E-state index contributed by atoms with van der Waals surface area (Å²) in [7, 11) is 0. The molecule has 5 heteroatoms. The molecule has 1 unspecified atom stereocenters. The standard InChI is InChI=1S/C17H25NO4/c1-11(14(19)20)18-15(21)17(5,6)22-13-10-8-7-9-12(13)16(2,3)4/h7-11H,1-6H3,(H,18,21)(H,19,20). The zero-order chi connectivity index (χ0) is 17.1. The van der Waals surface area contributed by atoms with Crippen molar-refractivity contribution in [3.05, 3.63) is 29.8 Å². The van der Waals surface area contributed by atoms with Crippen LogP contribution in [0.3, 0.4) is 0 Å². The minimum Gasteiger partial charge on any atom is -0.480 e. The number of aliphatic carboxylic acids is 1. The Morgan fingerprint density at radius 1 is 1.14 bits per heavy atom. The zero-order valence-corrected chi connectivity index (χ0v) is 14.1. The summed E-state index contributed by atoms with van der Waals surface area (Å²) in [5, 5.41) is 11.3. The van der Waals surface area contributed by atoms with Crippen LogP contribution in [0.5, 0.6) is 5.75 Å².